The fraction of sp³-hybridized carbons (Fsp3) is 0.450. The molecule has 132 valence electrons. The predicted molar refractivity (Wildman–Crippen MR) is 101 cm³/mol. The minimum absolute atomic E-state index is 0.0425. The summed E-state index contributed by atoms with van der Waals surface area (Å²) in [5.41, 5.74) is 1.38. The van der Waals surface area contributed by atoms with Crippen LogP contribution in [-0.2, 0) is 0 Å². The molecule has 3 rings (SSSR count). The Kier molecular flexibility index (Phi) is 5.64. The third kappa shape index (κ3) is 4.16. The summed E-state index contributed by atoms with van der Waals surface area (Å²) in [7, 11) is 0. The predicted octanol–water partition coefficient (Wildman–Crippen LogP) is 3.98. The first-order chi connectivity index (χ1) is 12.2. The lowest BCUT2D eigenvalue weighted by atomic mass is 10.2. The van der Waals surface area contributed by atoms with Crippen molar-refractivity contribution in [1.82, 2.24) is 14.9 Å². The molecule has 1 aliphatic rings. The minimum atomic E-state index is -0.0425. The Morgan fingerprint density at radius 1 is 1.12 bits per heavy atom. The lowest BCUT2D eigenvalue weighted by molar-refractivity contribution is 0.0767. The van der Waals surface area contributed by atoms with Crippen molar-refractivity contribution in [3.05, 3.63) is 42.1 Å². The number of aromatic nitrogens is 2. The van der Waals surface area contributed by atoms with Crippen LogP contribution < -0.4 is 5.32 Å². The van der Waals surface area contributed by atoms with Gasteiger partial charge in [-0.15, -0.1) is 0 Å². The molecule has 1 heterocycles. The van der Waals surface area contributed by atoms with Crippen molar-refractivity contribution in [2.45, 2.75) is 45.6 Å². The fourth-order valence-corrected chi connectivity index (χ4v) is 3.30. The summed E-state index contributed by atoms with van der Waals surface area (Å²) in [6.07, 6.45) is 4.81. The van der Waals surface area contributed by atoms with Gasteiger partial charge in [-0.25, -0.2) is 9.97 Å². The molecule has 5 heteroatoms. The highest BCUT2D eigenvalue weighted by atomic mass is 16.2. The van der Waals surface area contributed by atoms with Crippen molar-refractivity contribution in [3.63, 3.8) is 0 Å². The van der Waals surface area contributed by atoms with Gasteiger partial charge >= 0.3 is 0 Å². The molecule has 1 aromatic heterocycles. The van der Waals surface area contributed by atoms with E-state index in [1.54, 1.807) is 11.0 Å². The summed E-state index contributed by atoms with van der Waals surface area (Å²) < 4.78 is 0. The van der Waals surface area contributed by atoms with E-state index in [1.807, 2.05) is 44.2 Å². The number of nitrogens with one attached hydrogen (secondary N) is 1. The number of hydrogen-bond acceptors (Lipinski definition) is 4. The van der Waals surface area contributed by atoms with E-state index in [1.165, 1.54) is 12.8 Å². The second-order valence-electron chi connectivity index (χ2n) is 6.43. The standard InChI is InChI=1S/C20H26N4O/c1-3-24(4-2)20(25)17-14-18(21-16-12-8-9-13-16)23-19(22-17)15-10-6-5-7-11-15/h5-7,10-11,14,16H,3-4,8-9,12-13H2,1-2H3,(H,21,22,23). The van der Waals surface area contributed by atoms with Gasteiger partial charge in [0.25, 0.3) is 5.91 Å². The van der Waals surface area contributed by atoms with Crippen LogP contribution >= 0.6 is 0 Å². The van der Waals surface area contributed by atoms with Gasteiger partial charge in [0.05, 0.1) is 0 Å². The van der Waals surface area contributed by atoms with Gasteiger partial charge in [0.15, 0.2) is 5.82 Å². The molecule has 1 saturated carbocycles. The highest BCUT2D eigenvalue weighted by molar-refractivity contribution is 5.93. The SMILES string of the molecule is CCN(CC)C(=O)c1cc(NC2CCCC2)nc(-c2ccccc2)n1. The highest BCUT2D eigenvalue weighted by Gasteiger charge is 2.20. The van der Waals surface area contributed by atoms with Crippen molar-refractivity contribution in [3.8, 4) is 11.4 Å². The van der Waals surface area contributed by atoms with E-state index < -0.39 is 0 Å². The molecule has 1 fully saturated rings. The molecule has 1 aromatic carbocycles. The smallest absolute Gasteiger partial charge is 0.272 e. The van der Waals surface area contributed by atoms with Crippen LogP contribution in [0.3, 0.4) is 0 Å². The Balaban J connectivity index is 1.96. The number of hydrogen-bond donors (Lipinski definition) is 1. The Morgan fingerprint density at radius 2 is 1.80 bits per heavy atom. The van der Waals surface area contributed by atoms with Crippen LogP contribution in [0.4, 0.5) is 5.82 Å². The average Bonchev–Trinajstić information content (AvgIpc) is 3.16. The summed E-state index contributed by atoms with van der Waals surface area (Å²) in [6, 6.07) is 12.1. The molecule has 0 aliphatic heterocycles. The first kappa shape index (κ1) is 17.4. The highest BCUT2D eigenvalue weighted by Crippen LogP contribution is 2.24. The number of anilines is 1. The lowest BCUT2D eigenvalue weighted by Gasteiger charge is -2.19. The van der Waals surface area contributed by atoms with Crippen LogP contribution in [0.15, 0.2) is 36.4 Å². The van der Waals surface area contributed by atoms with Gasteiger partial charge in [0, 0.05) is 30.8 Å². The van der Waals surface area contributed by atoms with E-state index in [4.69, 9.17) is 0 Å². The molecule has 0 spiro atoms. The van der Waals surface area contributed by atoms with Gasteiger partial charge in [0.2, 0.25) is 0 Å². The quantitative estimate of drug-likeness (QED) is 0.865. The monoisotopic (exact) mass is 338 g/mol. The Hall–Kier alpha value is -2.43. The van der Waals surface area contributed by atoms with Gasteiger partial charge in [-0.2, -0.15) is 0 Å². The molecule has 5 nitrogen and oxygen atoms in total. The first-order valence-electron chi connectivity index (χ1n) is 9.21. The zero-order valence-corrected chi connectivity index (χ0v) is 15.0. The van der Waals surface area contributed by atoms with Gasteiger partial charge in [-0.1, -0.05) is 43.2 Å². The van der Waals surface area contributed by atoms with Gasteiger partial charge in [0.1, 0.15) is 11.5 Å². The number of rotatable bonds is 6. The molecule has 0 atom stereocenters. The number of benzene rings is 1. The van der Waals surface area contributed by atoms with Crippen LogP contribution in [-0.4, -0.2) is 39.9 Å². The zero-order valence-electron chi connectivity index (χ0n) is 15.0. The van der Waals surface area contributed by atoms with Crippen molar-refractivity contribution in [2.75, 3.05) is 18.4 Å². The normalized spacial score (nSPS) is 14.5. The molecule has 1 amide bonds. The topological polar surface area (TPSA) is 58.1 Å². The molecule has 0 bridgehead atoms. The van der Waals surface area contributed by atoms with Crippen LogP contribution in [0.25, 0.3) is 11.4 Å². The molecule has 1 N–H and O–H groups in total. The third-order valence-electron chi connectivity index (χ3n) is 4.74. The van der Waals surface area contributed by atoms with Crippen molar-refractivity contribution < 1.29 is 4.79 Å². The Morgan fingerprint density at radius 3 is 2.44 bits per heavy atom. The zero-order chi connectivity index (χ0) is 17.6. The van der Waals surface area contributed by atoms with E-state index in [-0.39, 0.29) is 5.91 Å². The van der Waals surface area contributed by atoms with E-state index in [0.717, 1.165) is 24.2 Å². The van der Waals surface area contributed by atoms with Crippen LogP contribution in [0, 0.1) is 0 Å². The summed E-state index contributed by atoms with van der Waals surface area (Å²) in [5.74, 6) is 1.30. The van der Waals surface area contributed by atoms with Crippen molar-refractivity contribution >= 4 is 11.7 Å². The average molecular weight is 338 g/mol. The second kappa shape index (κ2) is 8.10. The summed E-state index contributed by atoms with van der Waals surface area (Å²) in [6.45, 7) is 5.31. The van der Waals surface area contributed by atoms with E-state index in [9.17, 15) is 4.79 Å². The van der Waals surface area contributed by atoms with Gasteiger partial charge in [-0.05, 0) is 26.7 Å². The van der Waals surface area contributed by atoms with Crippen LogP contribution in [0.5, 0.6) is 0 Å². The van der Waals surface area contributed by atoms with Crippen molar-refractivity contribution in [1.29, 1.82) is 0 Å². The largest absolute Gasteiger partial charge is 0.367 e. The van der Waals surface area contributed by atoms with Gasteiger partial charge in [-0.3, -0.25) is 4.79 Å². The maximum Gasteiger partial charge on any atom is 0.272 e. The summed E-state index contributed by atoms with van der Waals surface area (Å²) >= 11 is 0. The van der Waals surface area contributed by atoms with E-state index in [2.05, 4.69) is 15.3 Å². The minimum Gasteiger partial charge on any atom is -0.367 e. The molecule has 2 aromatic rings. The number of carbonyl (C=O) groups excluding carboxylic acids is 1. The fourth-order valence-electron chi connectivity index (χ4n) is 3.30. The molecule has 25 heavy (non-hydrogen) atoms. The summed E-state index contributed by atoms with van der Waals surface area (Å²) in [5, 5.41) is 3.50. The lowest BCUT2D eigenvalue weighted by Crippen LogP contribution is -2.31. The number of nitrogens with zero attached hydrogens (tertiary/aromatic N) is 3. The Bertz CT molecular complexity index is 707. The first-order valence-corrected chi connectivity index (χ1v) is 9.21. The second-order valence-corrected chi connectivity index (χ2v) is 6.43. The molecule has 0 radical (unpaired) electrons. The third-order valence-corrected chi connectivity index (χ3v) is 4.74. The maximum absolute atomic E-state index is 12.8. The molecule has 0 saturated heterocycles. The number of amides is 1. The van der Waals surface area contributed by atoms with E-state index >= 15 is 0 Å². The Labute approximate surface area is 149 Å². The van der Waals surface area contributed by atoms with Gasteiger partial charge < -0.3 is 10.2 Å². The summed E-state index contributed by atoms with van der Waals surface area (Å²) in [4.78, 5) is 23.8. The number of carbonyl (C=O) groups is 1. The molecule has 0 unspecified atom stereocenters. The molecule has 1 aliphatic carbocycles. The van der Waals surface area contributed by atoms with Crippen molar-refractivity contribution in [2.24, 2.45) is 0 Å². The maximum atomic E-state index is 12.8. The van der Waals surface area contributed by atoms with E-state index in [0.29, 0.717) is 30.6 Å². The molecular weight excluding hydrogens is 312 g/mol. The van der Waals surface area contributed by atoms with Crippen LogP contribution in [0.1, 0.15) is 50.0 Å². The van der Waals surface area contributed by atoms with Crippen LogP contribution in [0.2, 0.25) is 0 Å². The molecular formula is C20H26N4O.